The molecule has 0 aromatic heterocycles. The highest BCUT2D eigenvalue weighted by atomic mass is 16.5. The van der Waals surface area contributed by atoms with Gasteiger partial charge in [-0.15, -0.1) is 0 Å². The van der Waals surface area contributed by atoms with Gasteiger partial charge in [0.25, 0.3) is 0 Å². The second kappa shape index (κ2) is 5.65. The number of hydrogen-bond donors (Lipinski definition) is 1. The standard InChI is InChI=1S/C10H18N2O2/c1-9(3-4-10(13)14-2)12-7-5-11-6-8-12/h11H,1,3-8H2,2H3. The molecule has 0 atom stereocenters. The summed E-state index contributed by atoms with van der Waals surface area (Å²) in [6.45, 7) is 7.94. The van der Waals surface area contributed by atoms with E-state index in [0.29, 0.717) is 12.8 Å². The van der Waals surface area contributed by atoms with Gasteiger partial charge in [0.2, 0.25) is 0 Å². The van der Waals surface area contributed by atoms with Gasteiger partial charge in [0, 0.05) is 31.9 Å². The van der Waals surface area contributed by atoms with Crippen LogP contribution >= 0.6 is 0 Å². The van der Waals surface area contributed by atoms with E-state index in [-0.39, 0.29) is 5.97 Å². The van der Waals surface area contributed by atoms with E-state index in [0.717, 1.165) is 31.9 Å². The Kier molecular flexibility index (Phi) is 4.46. The molecule has 0 aliphatic carbocycles. The smallest absolute Gasteiger partial charge is 0.305 e. The number of ether oxygens (including phenoxy) is 1. The molecule has 14 heavy (non-hydrogen) atoms. The van der Waals surface area contributed by atoms with Crippen molar-refractivity contribution < 1.29 is 9.53 Å². The van der Waals surface area contributed by atoms with Crippen LogP contribution in [0.25, 0.3) is 0 Å². The molecule has 0 radical (unpaired) electrons. The maximum absolute atomic E-state index is 10.9. The molecule has 0 aromatic carbocycles. The highest BCUT2D eigenvalue weighted by molar-refractivity contribution is 5.69. The maximum Gasteiger partial charge on any atom is 0.305 e. The number of carbonyl (C=O) groups excluding carboxylic acids is 1. The molecule has 1 aliphatic rings. The Hall–Kier alpha value is -1.03. The lowest BCUT2D eigenvalue weighted by atomic mass is 10.2. The number of nitrogens with one attached hydrogen (secondary N) is 1. The molecule has 80 valence electrons. The zero-order chi connectivity index (χ0) is 10.4. The molecule has 0 aromatic rings. The first-order valence-electron chi connectivity index (χ1n) is 4.94. The Balaban J connectivity index is 2.23. The highest BCUT2D eigenvalue weighted by Gasteiger charge is 2.12. The molecule has 1 heterocycles. The molecule has 4 nitrogen and oxygen atoms in total. The van der Waals surface area contributed by atoms with Gasteiger partial charge in [-0.1, -0.05) is 6.58 Å². The summed E-state index contributed by atoms with van der Waals surface area (Å²) >= 11 is 0. The normalized spacial score (nSPS) is 16.5. The quantitative estimate of drug-likeness (QED) is 0.662. The van der Waals surface area contributed by atoms with Gasteiger partial charge in [0.05, 0.1) is 13.5 Å². The maximum atomic E-state index is 10.9. The fourth-order valence-electron chi connectivity index (χ4n) is 1.49. The summed E-state index contributed by atoms with van der Waals surface area (Å²) < 4.78 is 4.58. The molecule has 0 amide bonds. The summed E-state index contributed by atoms with van der Waals surface area (Å²) in [6.07, 6.45) is 1.13. The van der Waals surface area contributed by atoms with E-state index in [2.05, 4.69) is 21.5 Å². The second-order valence-corrected chi connectivity index (χ2v) is 3.38. The Morgan fingerprint density at radius 1 is 1.43 bits per heavy atom. The van der Waals surface area contributed by atoms with Crippen LogP contribution < -0.4 is 5.32 Å². The van der Waals surface area contributed by atoms with E-state index in [4.69, 9.17) is 0 Å². The summed E-state index contributed by atoms with van der Waals surface area (Å²) in [4.78, 5) is 13.1. The fraction of sp³-hybridized carbons (Fsp3) is 0.700. The van der Waals surface area contributed by atoms with Gasteiger partial charge >= 0.3 is 5.97 Å². The first-order valence-corrected chi connectivity index (χ1v) is 4.94. The van der Waals surface area contributed by atoms with Crippen LogP contribution in [0, 0.1) is 0 Å². The van der Waals surface area contributed by atoms with E-state index < -0.39 is 0 Å². The van der Waals surface area contributed by atoms with Crippen molar-refractivity contribution >= 4 is 5.97 Å². The van der Waals surface area contributed by atoms with Crippen molar-refractivity contribution in [3.05, 3.63) is 12.3 Å². The number of carbonyl (C=O) groups is 1. The van der Waals surface area contributed by atoms with E-state index in [1.165, 1.54) is 7.11 Å². The van der Waals surface area contributed by atoms with Crippen LogP contribution in [0.3, 0.4) is 0 Å². The first-order chi connectivity index (χ1) is 6.74. The van der Waals surface area contributed by atoms with Crippen molar-refractivity contribution in [2.45, 2.75) is 12.8 Å². The summed E-state index contributed by atoms with van der Waals surface area (Å²) in [5.41, 5.74) is 1.04. The predicted molar refractivity (Wildman–Crippen MR) is 54.8 cm³/mol. The molecule has 4 heteroatoms. The van der Waals surface area contributed by atoms with Crippen molar-refractivity contribution in [3.63, 3.8) is 0 Å². The summed E-state index contributed by atoms with van der Waals surface area (Å²) in [6, 6.07) is 0. The summed E-state index contributed by atoms with van der Waals surface area (Å²) in [5, 5.41) is 3.27. The van der Waals surface area contributed by atoms with Crippen molar-refractivity contribution in [2.75, 3.05) is 33.3 Å². The monoisotopic (exact) mass is 198 g/mol. The molecule has 1 saturated heterocycles. The van der Waals surface area contributed by atoms with Crippen LogP contribution in [-0.4, -0.2) is 44.2 Å². The molecule has 1 rings (SSSR count). The predicted octanol–water partition coefficient (Wildman–Crippen LogP) is 0.359. The zero-order valence-electron chi connectivity index (χ0n) is 8.71. The third kappa shape index (κ3) is 3.38. The highest BCUT2D eigenvalue weighted by Crippen LogP contribution is 2.10. The third-order valence-electron chi connectivity index (χ3n) is 2.41. The van der Waals surface area contributed by atoms with Crippen LogP contribution in [-0.2, 0) is 9.53 Å². The average molecular weight is 198 g/mol. The molecule has 1 N–H and O–H groups in total. The van der Waals surface area contributed by atoms with Crippen LogP contribution in [0.2, 0.25) is 0 Å². The molecule has 1 aliphatic heterocycles. The number of nitrogens with zero attached hydrogens (tertiary/aromatic N) is 1. The Morgan fingerprint density at radius 2 is 2.07 bits per heavy atom. The molecular weight excluding hydrogens is 180 g/mol. The average Bonchev–Trinajstić information content (AvgIpc) is 2.26. The van der Waals surface area contributed by atoms with Gasteiger partial charge in [-0.05, 0) is 6.42 Å². The van der Waals surface area contributed by atoms with Gasteiger partial charge < -0.3 is 15.0 Å². The summed E-state index contributed by atoms with van der Waals surface area (Å²) in [5.74, 6) is -0.165. The topological polar surface area (TPSA) is 41.6 Å². The molecule has 1 fully saturated rings. The lowest BCUT2D eigenvalue weighted by Gasteiger charge is -2.30. The van der Waals surface area contributed by atoms with Crippen molar-refractivity contribution in [2.24, 2.45) is 0 Å². The van der Waals surface area contributed by atoms with Crippen LogP contribution in [0.4, 0.5) is 0 Å². The minimum atomic E-state index is -0.165. The molecule has 0 saturated carbocycles. The van der Waals surface area contributed by atoms with E-state index in [9.17, 15) is 4.79 Å². The number of esters is 1. The van der Waals surface area contributed by atoms with Gasteiger partial charge in [-0.2, -0.15) is 0 Å². The van der Waals surface area contributed by atoms with Crippen LogP contribution in [0.15, 0.2) is 12.3 Å². The number of rotatable bonds is 4. The Labute approximate surface area is 84.9 Å². The van der Waals surface area contributed by atoms with Crippen molar-refractivity contribution in [1.82, 2.24) is 10.2 Å². The van der Waals surface area contributed by atoms with E-state index in [1.807, 2.05) is 0 Å². The second-order valence-electron chi connectivity index (χ2n) is 3.38. The minimum absolute atomic E-state index is 0.165. The SMILES string of the molecule is C=C(CCC(=O)OC)N1CCNCC1. The molecule has 0 bridgehead atoms. The zero-order valence-corrected chi connectivity index (χ0v) is 8.71. The van der Waals surface area contributed by atoms with Gasteiger partial charge in [0.1, 0.15) is 0 Å². The number of methoxy groups -OCH3 is 1. The van der Waals surface area contributed by atoms with E-state index >= 15 is 0 Å². The lowest BCUT2D eigenvalue weighted by molar-refractivity contribution is -0.140. The van der Waals surface area contributed by atoms with Gasteiger partial charge in [-0.25, -0.2) is 0 Å². The fourth-order valence-corrected chi connectivity index (χ4v) is 1.49. The number of allylic oxidation sites excluding steroid dienone is 1. The Bertz CT molecular complexity index is 210. The number of hydrogen-bond acceptors (Lipinski definition) is 4. The van der Waals surface area contributed by atoms with Crippen molar-refractivity contribution in [1.29, 1.82) is 0 Å². The van der Waals surface area contributed by atoms with Gasteiger partial charge in [0.15, 0.2) is 0 Å². The van der Waals surface area contributed by atoms with Crippen molar-refractivity contribution in [3.8, 4) is 0 Å². The summed E-state index contributed by atoms with van der Waals surface area (Å²) in [7, 11) is 1.41. The van der Waals surface area contributed by atoms with E-state index in [1.54, 1.807) is 0 Å². The van der Waals surface area contributed by atoms with Crippen LogP contribution in [0.1, 0.15) is 12.8 Å². The largest absolute Gasteiger partial charge is 0.469 e. The van der Waals surface area contributed by atoms with Crippen LogP contribution in [0.5, 0.6) is 0 Å². The Morgan fingerprint density at radius 3 is 2.64 bits per heavy atom. The minimum Gasteiger partial charge on any atom is -0.469 e. The lowest BCUT2D eigenvalue weighted by Crippen LogP contribution is -2.42. The molecule has 0 spiro atoms. The third-order valence-corrected chi connectivity index (χ3v) is 2.41. The van der Waals surface area contributed by atoms with Gasteiger partial charge in [-0.3, -0.25) is 4.79 Å². The first kappa shape index (κ1) is 11.0. The molecule has 0 unspecified atom stereocenters. The molecular formula is C10H18N2O2. The number of piperazine rings is 1.